The Morgan fingerprint density at radius 3 is 1.95 bits per heavy atom. The van der Waals surface area contributed by atoms with Crippen LogP contribution in [-0.2, 0) is 14.3 Å². The molecule has 0 saturated carbocycles. The standard InChI is InChI=1S/C24H29I3N4O8/c1-9(33)29-19-16(25)15(17(26)20(18(19)27)30-10(2)34)11-4-5-12(13(28)8-11)23(37)31-21(24(38)39-3)22(36)14(35)6-7-32/h4-5,8,14,21-22,24,32,35-36,38H,6-7,28H2,1-3H3,(H,29,33)(H,30,34)(H,31,37). The SMILES string of the molecule is COC(O)C(NC(=O)c1ccc(-c2c(I)c(NC(C)=O)c(I)c(NC(C)=O)c2I)cc1N)C(O)C(O)CCO. The van der Waals surface area contributed by atoms with Crippen LogP contribution in [0.3, 0.4) is 0 Å². The number of hydrogen-bond acceptors (Lipinski definition) is 9. The lowest BCUT2D eigenvalue weighted by Gasteiger charge is -2.30. The molecule has 0 saturated heterocycles. The van der Waals surface area contributed by atoms with E-state index in [2.05, 4.69) is 83.7 Å². The van der Waals surface area contributed by atoms with E-state index in [1.54, 1.807) is 12.1 Å². The maximum Gasteiger partial charge on any atom is 0.253 e. The van der Waals surface area contributed by atoms with Crippen LogP contribution in [0.5, 0.6) is 0 Å². The molecule has 2 rings (SSSR count). The van der Waals surface area contributed by atoms with Gasteiger partial charge in [0.15, 0.2) is 6.29 Å². The summed E-state index contributed by atoms with van der Waals surface area (Å²) in [6.07, 6.45) is -4.93. The van der Waals surface area contributed by atoms with Crippen molar-refractivity contribution in [3.05, 3.63) is 34.5 Å². The number of nitrogen functional groups attached to an aromatic ring is 1. The molecule has 0 aliphatic rings. The van der Waals surface area contributed by atoms with Crippen LogP contribution in [0.4, 0.5) is 17.1 Å². The first-order valence-electron chi connectivity index (χ1n) is 11.4. The molecule has 0 aliphatic heterocycles. The van der Waals surface area contributed by atoms with Gasteiger partial charge >= 0.3 is 0 Å². The van der Waals surface area contributed by atoms with Gasteiger partial charge in [-0.3, -0.25) is 14.4 Å². The lowest BCUT2D eigenvalue weighted by Crippen LogP contribution is -2.55. The molecule has 0 heterocycles. The zero-order chi connectivity index (χ0) is 29.6. The normalized spacial score (nSPS) is 14.2. The molecule has 0 radical (unpaired) electrons. The number of halogens is 3. The van der Waals surface area contributed by atoms with Crippen LogP contribution < -0.4 is 21.7 Å². The second kappa shape index (κ2) is 15.0. The Labute approximate surface area is 265 Å². The van der Waals surface area contributed by atoms with E-state index < -0.39 is 37.1 Å². The summed E-state index contributed by atoms with van der Waals surface area (Å²) in [5.74, 6) is -1.34. The van der Waals surface area contributed by atoms with Gasteiger partial charge in [0.2, 0.25) is 11.8 Å². The smallest absolute Gasteiger partial charge is 0.253 e. The highest BCUT2D eigenvalue weighted by Crippen LogP contribution is 2.44. The fourth-order valence-electron chi connectivity index (χ4n) is 3.66. The molecule has 0 bridgehead atoms. The molecule has 9 N–H and O–H groups in total. The molecule has 2 aromatic rings. The Balaban J connectivity index is 2.55. The Morgan fingerprint density at radius 2 is 1.51 bits per heavy atom. The van der Waals surface area contributed by atoms with Crippen LogP contribution in [0, 0.1) is 10.7 Å². The van der Waals surface area contributed by atoms with Crippen molar-refractivity contribution >= 4 is 103 Å². The second-order valence-electron chi connectivity index (χ2n) is 8.43. The maximum atomic E-state index is 13.1. The Bertz CT molecular complexity index is 1200. The van der Waals surface area contributed by atoms with E-state index in [1.807, 2.05) is 0 Å². The molecule has 0 spiro atoms. The van der Waals surface area contributed by atoms with Gasteiger partial charge in [0.1, 0.15) is 12.1 Å². The molecule has 0 aliphatic carbocycles. The fraction of sp³-hybridized carbons (Fsp3) is 0.375. The third kappa shape index (κ3) is 8.33. The summed E-state index contributed by atoms with van der Waals surface area (Å²) in [5.41, 5.74) is 8.62. The minimum absolute atomic E-state index is 0.0237. The topological polar surface area (TPSA) is 203 Å². The number of nitrogens with two attached hydrogens (primary N) is 1. The van der Waals surface area contributed by atoms with Crippen molar-refractivity contribution in [2.45, 2.75) is 44.8 Å². The van der Waals surface area contributed by atoms with Gasteiger partial charge in [0.25, 0.3) is 5.91 Å². The molecule has 12 nitrogen and oxygen atoms in total. The molecule has 3 amide bonds. The number of benzene rings is 2. The van der Waals surface area contributed by atoms with E-state index in [1.165, 1.54) is 19.9 Å². The van der Waals surface area contributed by atoms with Crippen LogP contribution in [0.25, 0.3) is 11.1 Å². The van der Waals surface area contributed by atoms with E-state index >= 15 is 0 Å². The Kier molecular flexibility index (Phi) is 13.0. The minimum Gasteiger partial charge on any atom is -0.398 e. The van der Waals surface area contributed by atoms with Crippen molar-refractivity contribution in [1.82, 2.24) is 5.32 Å². The van der Waals surface area contributed by atoms with Crippen LogP contribution in [0.1, 0.15) is 30.6 Å². The predicted molar refractivity (Wildman–Crippen MR) is 171 cm³/mol. The summed E-state index contributed by atoms with van der Waals surface area (Å²) in [6, 6.07) is 3.20. The first-order valence-corrected chi connectivity index (χ1v) is 14.6. The van der Waals surface area contributed by atoms with Crippen molar-refractivity contribution < 1.29 is 39.5 Å². The summed E-state index contributed by atoms with van der Waals surface area (Å²) < 4.78 is 6.85. The predicted octanol–water partition coefficient (Wildman–Crippen LogP) is 1.83. The summed E-state index contributed by atoms with van der Waals surface area (Å²) >= 11 is 6.24. The van der Waals surface area contributed by atoms with Gasteiger partial charge in [-0.2, -0.15) is 0 Å². The van der Waals surface area contributed by atoms with Gasteiger partial charge in [0, 0.05) is 46.0 Å². The van der Waals surface area contributed by atoms with Crippen LogP contribution in [-0.4, -0.2) is 76.4 Å². The molecule has 0 fully saturated rings. The number of methoxy groups -OCH3 is 1. The number of rotatable bonds is 11. The highest BCUT2D eigenvalue weighted by atomic mass is 127. The van der Waals surface area contributed by atoms with Gasteiger partial charge in [-0.1, -0.05) is 6.07 Å². The fourth-order valence-corrected chi connectivity index (χ4v) is 7.99. The molecule has 214 valence electrons. The molecular formula is C24H29I3N4O8. The molecule has 15 heteroatoms. The first-order chi connectivity index (χ1) is 18.2. The van der Waals surface area contributed by atoms with Crippen LogP contribution in [0.2, 0.25) is 0 Å². The number of anilines is 3. The number of nitrogens with one attached hydrogen (secondary N) is 3. The first kappa shape index (κ1) is 33.8. The quantitative estimate of drug-likeness (QED) is 0.0942. The van der Waals surface area contributed by atoms with Crippen LogP contribution in [0.15, 0.2) is 18.2 Å². The number of aliphatic hydroxyl groups excluding tert-OH is 4. The highest BCUT2D eigenvalue weighted by molar-refractivity contribution is 14.1. The second-order valence-corrected chi connectivity index (χ2v) is 11.7. The van der Waals surface area contributed by atoms with E-state index in [-0.39, 0.29) is 29.5 Å². The average Bonchev–Trinajstić information content (AvgIpc) is 2.86. The van der Waals surface area contributed by atoms with E-state index in [0.29, 0.717) is 33.2 Å². The maximum absolute atomic E-state index is 13.1. The number of amides is 3. The number of hydrogen-bond donors (Lipinski definition) is 8. The molecule has 0 aromatic heterocycles. The number of ether oxygens (including phenoxy) is 1. The van der Waals surface area contributed by atoms with E-state index in [0.717, 1.165) is 7.11 Å². The van der Waals surface area contributed by atoms with E-state index in [4.69, 9.17) is 15.6 Å². The van der Waals surface area contributed by atoms with Gasteiger partial charge in [-0.15, -0.1) is 0 Å². The lowest BCUT2D eigenvalue weighted by atomic mass is 9.99. The van der Waals surface area contributed by atoms with Crippen molar-refractivity contribution in [1.29, 1.82) is 0 Å². The minimum atomic E-state index is -1.66. The van der Waals surface area contributed by atoms with Crippen molar-refractivity contribution in [3.8, 4) is 11.1 Å². The van der Waals surface area contributed by atoms with Crippen molar-refractivity contribution in [2.24, 2.45) is 0 Å². The zero-order valence-electron chi connectivity index (χ0n) is 21.1. The molecule has 39 heavy (non-hydrogen) atoms. The average molecular weight is 882 g/mol. The van der Waals surface area contributed by atoms with Gasteiger partial charge in [-0.25, -0.2) is 0 Å². The number of aliphatic hydroxyl groups is 4. The largest absolute Gasteiger partial charge is 0.398 e. The van der Waals surface area contributed by atoms with E-state index in [9.17, 15) is 29.7 Å². The van der Waals surface area contributed by atoms with Crippen LogP contribution >= 0.6 is 67.8 Å². The molecule has 4 atom stereocenters. The van der Waals surface area contributed by atoms with Gasteiger partial charge in [-0.05, 0) is 91.9 Å². The number of carbonyl (C=O) groups excluding carboxylic acids is 3. The van der Waals surface area contributed by atoms with Crippen molar-refractivity contribution in [3.63, 3.8) is 0 Å². The summed E-state index contributed by atoms with van der Waals surface area (Å²) in [5, 5.41) is 47.7. The Morgan fingerprint density at radius 1 is 0.974 bits per heavy atom. The van der Waals surface area contributed by atoms with Gasteiger partial charge < -0.3 is 46.8 Å². The third-order valence-electron chi connectivity index (χ3n) is 5.54. The third-order valence-corrected chi connectivity index (χ3v) is 8.77. The monoisotopic (exact) mass is 882 g/mol. The number of carbonyl (C=O) groups is 3. The highest BCUT2D eigenvalue weighted by Gasteiger charge is 2.34. The zero-order valence-corrected chi connectivity index (χ0v) is 27.6. The molecule has 2 aromatic carbocycles. The Hall–Kier alpha value is -1.36. The summed E-state index contributed by atoms with van der Waals surface area (Å²) in [7, 11) is 1.16. The summed E-state index contributed by atoms with van der Waals surface area (Å²) in [4.78, 5) is 36.9. The lowest BCUT2D eigenvalue weighted by molar-refractivity contribution is -0.137. The molecule has 4 unspecified atom stereocenters. The molecular weight excluding hydrogens is 853 g/mol. The van der Waals surface area contributed by atoms with Gasteiger partial charge in [0.05, 0.1) is 26.6 Å². The van der Waals surface area contributed by atoms with Crippen molar-refractivity contribution in [2.75, 3.05) is 30.1 Å². The summed E-state index contributed by atoms with van der Waals surface area (Å²) in [6.45, 7) is 2.33.